The number of rotatable bonds is 3. The summed E-state index contributed by atoms with van der Waals surface area (Å²) in [5, 5.41) is 3.94. The van der Waals surface area contributed by atoms with E-state index in [9.17, 15) is 4.79 Å². The third-order valence-electron chi connectivity index (χ3n) is 4.59. The fourth-order valence-electron chi connectivity index (χ4n) is 3.65. The lowest BCUT2D eigenvalue weighted by Gasteiger charge is -2.25. The van der Waals surface area contributed by atoms with Crippen LogP contribution in [0.4, 0.5) is 11.4 Å². The van der Waals surface area contributed by atoms with E-state index in [2.05, 4.69) is 5.32 Å². The van der Waals surface area contributed by atoms with Crippen LogP contribution in [0.1, 0.15) is 36.0 Å². The molecule has 0 aromatic heterocycles. The molecule has 3 N–H and O–H groups in total. The second kappa shape index (κ2) is 5.17. The molecule has 108 valence electrons. The van der Waals surface area contributed by atoms with Gasteiger partial charge in [-0.25, -0.2) is 4.79 Å². The Balaban J connectivity index is 1.90. The number of nitrogens with two attached hydrogens (primary N) is 1. The number of fused-ring (bicyclic) bond motifs is 2. The molecule has 1 aromatic rings. The molecule has 0 aliphatic heterocycles. The molecule has 0 spiro atoms. The second-order valence-electron chi connectivity index (χ2n) is 5.84. The standard InChI is InChI=1S/C15H19ClN2O2/c1-20-15(19)11-6-10(17)7-12(16)14(11)18-13-5-8-2-3-9(13)4-8/h6-9,13,18H,2-5,17H2,1H3. The fraction of sp³-hybridized carbons (Fsp3) is 0.533. The van der Waals surface area contributed by atoms with Gasteiger partial charge in [-0.2, -0.15) is 0 Å². The second-order valence-corrected chi connectivity index (χ2v) is 6.25. The van der Waals surface area contributed by atoms with Crippen LogP contribution in [0.25, 0.3) is 0 Å². The average Bonchev–Trinajstić information content (AvgIpc) is 3.03. The molecule has 2 aliphatic carbocycles. The Morgan fingerprint density at radius 1 is 1.40 bits per heavy atom. The third-order valence-corrected chi connectivity index (χ3v) is 4.88. The van der Waals surface area contributed by atoms with Gasteiger partial charge in [0.1, 0.15) is 0 Å². The lowest BCUT2D eigenvalue weighted by Crippen LogP contribution is -2.27. The highest BCUT2D eigenvalue weighted by Gasteiger charge is 2.40. The minimum Gasteiger partial charge on any atom is -0.465 e. The first-order valence-electron chi connectivity index (χ1n) is 7.02. The van der Waals surface area contributed by atoms with Gasteiger partial charge in [0, 0.05) is 11.7 Å². The van der Waals surface area contributed by atoms with Gasteiger partial charge in [0.2, 0.25) is 0 Å². The smallest absolute Gasteiger partial charge is 0.340 e. The lowest BCUT2D eigenvalue weighted by atomic mass is 9.95. The molecule has 2 saturated carbocycles. The molecule has 1 aromatic carbocycles. The Morgan fingerprint density at radius 3 is 2.80 bits per heavy atom. The van der Waals surface area contributed by atoms with Crippen LogP contribution < -0.4 is 11.1 Å². The highest BCUT2D eigenvalue weighted by molar-refractivity contribution is 6.34. The number of hydrogen-bond acceptors (Lipinski definition) is 4. The Bertz CT molecular complexity index is 547. The number of halogens is 1. The predicted octanol–water partition coefficient (Wildman–Crippen LogP) is 3.31. The highest BCUT2D eigenvalue weighted by atomic mass is 35.5. The largest absolute Gasteiger partial charge is 0.465 e. The van der Waals surface area contributed by atoms with Crippen LogP contribution in [0.2, 0.25) is 5.02 Å². The molecule has 0 saturated heterocycles. The van der Waals surface area contributed by atoms with Crippen LogP contribution in [-0.2, 0) is 4.74 Å². The van der Waals surface area contributed by atoms with E-state index in [1.54, 1.807) is 12.1 Å². The van der Waals surface area contributed by atoms with Crippen molar-refractivity contribution in [3.63, 3.8) is 0 Å². The maximum absolute atomic E-state index is 11.9. The summed E-state index contributed by atoms with van der Waals surface area (Å²) in [7, 11) is 1.36. The number of carbonyl (C=O) groups is 1. The zero-order valence-corrected chi connectivity index (χ0v) is 12.2. The summed E-state index contributed by atoms with van der Waals surface area (Å²) in [5.41, 5.74) is 7.31. The summed E-state index contributed by atoms with van der Waals surface area (Å²) in [6, 6.07) is 3.69. The normalized spacial score (nSPS) is 27.6. The summed E-state index contributed by atoms with van der Waals surface area (Å²) < 4.78 is 4.82. The number of benzene rings is 1. The van der Waals surface area contributed by atoms with E-state index in [1.165, 1.54) is 26.4 Å². The molecule has 5 heteroatoms. The Labute approximate surface area is 123 Å². The fourth-order valence-corrected chi connectivity index (χ4v) is 3.93. The van der Waals surface area contributed by atoms with Gasteiger partial charge in [0.05, 0.1) is 23.4 Å². The van der Waals surface area contributed by atoms with Gasteiger partial charge >= 0.3 is 5.97 Å². The summed E-state index contributed by atoms with van der Waals surface area (Å²) in [4.78, 5) is 11.9. The zero-order chi connectivity index (χ0) is 14.3. The Kier molecular flexibility index (Phi) is 3.50. The van der Waals surface area contributed by atoms with E-state index in [1.807, 2.05) is 0 Å². The van der Waals surface area contributed by atoms with Crippen molar-refractivity contribution in [3.8, 4) is 0 Å². The van der Waals surface area contributed by atoms with Crippen LogP contribution in [0.5, 0.6) is 0 Å². The van der Waals surface area contributed by atoms with Crippen molar-refractivity contribution >= 4 is 28.9 Å². The van der Waals surface area contributed by atoms with Crippen LogP contribution in [0.15, 0.2) is 12.1 Å². The Morgan fingerprint density at radius 2 is 2.20 bits per heavy atom. The maximum Gasteiger partial charge on any atom is 0.340 e. The molecular formula is C15H19ClN2O2. The third kappa shape index (κ3) is 2.33. The quantitative estimate of drug-likeness (QED) is 0.663. The number of nitrogens with one attached hydrogen (secondary N) is 1. The molecule has 3 rings (SSSR count). The number of hydrogen-bond donors (Lipinski definition) is 2. The van der Waals surface area contributed by atoms with Gasteiger partial charge in [0.15, 0.2) is 0 Å². The van der Waals surface area contributed by atoms with Gasteiger partial charge in [0.25, 0.3) is 0 Å². The van der Waals surface area contributed by atoms with Gasteiger partial charge in [-0.15, -0.1) is 0 Å². The highest BCUT2D eigenvalue weighted by Crippen LogP contribution is 2.46. The van der Waals surface area contributed by atoms with Crippen LogP contribution in [0, 0.1) is 11.8 Å². The zero-order valence-electron chi connectivity index (χ0n) is 11.5. The van der Waals surface area contributed by atoms with Crippen molar-refractivity contribution in [1.82, 2.24) is 0 Å². The number of anilines is 2. The van der Waals surface area contributed by atoms with E-state index < -0.39 is 5.97 Å². The summed E-state index contributed by atoms with van der Waals surface area (Å²) in [6.45, 7) is 0. The number of esters is 1. The summed E-state index contributed by atoms with van der Waals surface area (Å²) >= 11 is 6.27. The topological polar surface area (TPSA) is 64.3 Å². The number of carbonyl (C=O) groups excluding carboxylic acids is 1. The van der Waals surface area contributed by atoms with Crippen molar-refractivity contribution in [2.24, 2.45) is 11.8 Å². The van der Waals surface area contributed by atoms with E-state index in [0.29, 0.717) is 33.9 Å². The van der Waals surface area contributed by atoms with Gasteiger partial charge in [-0.1, -0.05) is 18.0 Å². The molecule has 2 aliphatic rings. The maximum atomic E-state index is 11.9. The first-order valence-corrected chi connectivity index (χ1v) is 7.40. The van der Waals surface area contributed by atoms with Crippen molar-refractivity contribution in [2.75, 3.05) is 18.2 Å². The van der Waals surface area contributed by atoms with Crippen LogP contribution in [-0.4, -0.2) is 19.1 Å². The SMILES string of the molecule is COC(=O)c1cc(N)cc(Cl)c1NC1CC2CCC1C2. The average molecular weight is 295 g/mol. The van der Waals surface area contributed by atoms with E-state index in [4.69, 9.17) is 22.1 Å². The van der Waals surface area contributed by atoms with Gasteiger partial charge < -0.3 is 15.8 Å². The minimum atomic E-state index is -0.412. The van der Waals surface area contributed by atoms with Crippen LogP contribution >= 0.6 is 11.6 Å². The molecule has 20 heavy (non-hydrogen) atoms. The first kappa shape index (κ1) is 13.6. The molecule has 0 heterocycles. The first-order chi connectivity index (χ1) is 9.58. The van der Waals surface area contributed by atoms with Gasteiger partial charge in [-0.3, -0.25) is 0 Å². The molecule has 4 nitrogen and oxygen atoms in total. The molecule has 2 fully saturated rings. The summed E-state index contributed by atoms with van der Waals surface area (Å²) in [6.07, 6.45) is 5.05. The van der Waals surface area contributed by atoms with Crippen molar-refractivity contribution in [3.05, 3.63) is 22.7 Å². The minimum absolute atomic E-state index is 0.401. The molecule has 3 atom stereocenters. The number of methoxy groups -OCH3 is 1. The molecule has 2 bridgehead atoms. The van der Waals surface area contributed by atoms with Crippen molar-refractivity contribution < 1.29 is 9.53 Å². The molecular weight excluding hydrogens is 276 g/mol. The van der Waals surface area contributed by atoms with Crippen molar-refractivity contribution in [1.29, 1.82) is 0 Å². The number of nitrogen functional groups attached to an aromatic ring is 1. The van der Waals surface area contributed by atoms with Crippen molar-refractivity contribution in [2.45, 2.75) is 31.7 Å². The van der Waals surface area contributed by atoms with E-state index in [0.717, 1.165) is 12.3 Å². The molecule has 0 amide bonds. The summed E-state index contributed by atoms with van der Waals surface area (Å²) in [5.74, 6) is 1.11. The molecule has 0 radical (unpaired) electrons. The molecule has 3 unspecified atom stereocenters. The van der Waals surface area contributed by atoms with E-state index >= 15 is 0 Å². The Hall–Kier alpha value is -1.42. The lowest BCUT2D eigenvalue weighted by molar-refractivity contribution is 0.0602. The van der Waals surface area contributed by atoms with Gasteiger partial charge in [-0.05, 0) is 43.2 Å². The predicted molar refractivity (Wildman–Crippen MR) is 80.1 cm³/mol. The van der Waals surface area contributed by atoms with Crippen LogP contribution in [0.3, 0.4) is 0 Å². The van der Waals surface area contributed by atoms with E-state index in [-0.39, 0.29) is 0 Å². The monoisotopic (exact) mass is 294 g/mol. The number of ether oxygens (including phenoxy) is 1.